The predicted octanol–water partition coefficient (Wildman–Crippen LogP) is 2.29. The molecule has 3 aromatic heterocycles. The molecule has 3 aromatic rings. The monoisotopic (exact) mass is 415 g/mol. The second-order valence-electron chi connectivity index (χ2n) is 8.86. The zero-order chi connectivity index (χ0) is 20.8. The number of aromatic nitrogens is 4. The van der Waals surface area contributed by atoms with E-state index in [0.29, 0.717) is 12.6 Å². The summed E-state index contributed by atoms with van der Waals surface area (Å²) in [6.07, 6.45) is 1.96. The van der Waals surface area contributed by atoms with E-state index in [-0.39, 0.29) is 5.60 Å². The number of quaternary nitrogens is 1. The van der Waals surface area contributed by atoms with Crippen LogP contribution in [0.1, 0.15) is 42.1 Å². The van der Waals surface area contributed by atoms with Crippen molar-refractivity contribution in [1.82, 2.24) is 19.7 Å². The number of ether oxygens (including phenoxy) is 1. The summed E-state index contributed by atoms with van der Waals surface area (Å²) in [5, 5.41) is 9.35. The van der Waals surface area contributed by atoms with Crippen molar-refractivity contribution in [3.63, 3.8) is 0 Å². The Morgan fingerprint density at radius 1 is 1.28 bits per heavy atom. The van der Waals surface area contributed by atoms with Crippen LogP contribution in [0, 0.1) is 13.8 Å². The van der Waals surface area contributed by atoms with Crippen molar-refractivity contribution in [2.45, 2.75) is 52.7 Å². The number of aryl methyl sites for hydroxylation is 2. The molecule has 0 bridgehead atoms. The van der Waals surface area contributed by atoms with Crippen molar-refractivity contribution in [1.29, 1.82) is 0 Å². The quantitative estimate of drug-likeness (QED) is 0.605. The molecule has 2 N–H and O–H groups in total. The zero-order valence-corrected chi connectivity index (χ0v) is 19.0. The third-order valence-electron chi connectivity index (χ3n) is 5.26. The number of hydrogen-bond acceptors (Lipinski definition) is 6. The van der Waals surface area contributed by atoms with Gasteiger partial charge in [-0.05, 0) is 39.3 Å². The van der Waals surface area contributed by atoms with Gasteiger partial charge in [-0.3, -0.25) is 0 Å². The number of anilines is 1. The number of hydrogen-bond donors (Lipinski definition) is 2. The highest BCUT2D eigenvalue weighted by Crippen LogP contribution is 2.41. The predicted molar refractivity (Wildman–Crippen MR) is 117 cm³/mol. The van der Waals surface area contributed by atoms with Gasteiger partial charge in [0.25, 0.3) is 5.95 Å². The average Bonchev–Trinajstić information content (AvgIpc) is 3.16. The first-order chi connectivity index (χ1) is 13.7. The fraction of sp³-hybridized carbons (Fsp3) is 0.571. The lowest BCUT2D eigenvalue weighted by Crippen LogP contribution is -3.05. The van der Waals surface area contributed by atoms with Crippen LogP contribution in [-0.2, 0) is 17.8 Å². The van der Waals surface area contributed by atoms with Crippen LogP contribution in [0.5, 0.6) is 0 Å². The number of thiophene rings is 1. The van der Waals surface area contributed by atoms with Crippen molar-refractivity contribution in [3.05, 3.63) is 27.9 Å². The van der Waals surface area contributed by atoms with Gasteiger partial charge in [0.15, 0.2) is 0 Å². The average molecular weight is 416 g/mol. The van der Waals surface area contributed by atoms with E-state index < -0.39 is 0 Å². The van der Waals surface area contributed by atoms with Crippen LogP contribution >= 0.6 is 11.3 Å². The standard InChI is InChI=1S/C21H30N6OS/c1-13-10-14(2)27(25-13)20-23-18(22-8-7-9-26(5)6)17-15-11-21(3,4)28-12-16(15)29-19(17)24-20/h10H,7-9,11-12H2,1-6H3,(H,22,23,24)/p+1. The highest BCUT2D eigenvalue weighted by molar-refractivity contribution is 7.19. The largest absolute Gasteiger partial charge is 0.370 e. The van der Waals surface area contributed by atoms with E-state index in [2.05, 4.69) is 44.4 Å². The Bertz CT molecular complexity index is 1040. The van der Waals surface area contributed by atoms with Crippen LogP contribution in [0.25, 0.3) is 16.2 Å². The van der Waals surface area contributed by atoms with Crippen molar-refractivity contribution < 1.29 is 9.64 Å². The van der Waals surface area contributed by atoms with E-state index in [1.165, 1.54) is 15.3 Å². The maximum absolute atomic E-state index is 6.04. The minimum Gasteiger partial charge on any atom is -0.370 e. The second-order valence-corrected chi connectivity index (χ2v) is 9.94. The molecule has 0 fully saturated rings. The van der Waals surface area contributed by atoms with Crippen LogP contribution in [-0.4, -0.2) is 52.5 Å². The van der Waals surface area contributed by atoms with Crippen molar-refractivity contribution in [2.75, 3.05) is 32.5 Å². The normalized spacial score (nSPS) is 15.8. The van der Waals surface area contributed by atoms with Crippen molar-refractivity contribution >= 4 is 27.4 Å². The van der Waals surface area contributed by atoms with Crippen molar-refractivity contribution in [2.24, 2.45) is 0 Å². The molecule has 0 radical (unpaired) electrons. The van der Waals surface area contributed by atoms with Gasteiger partial charge in [0, 0.05) is 30.0 Å². The number of fused-ring (bicyclic) bond motifs is 3. The van der Waals surface area contributed by atoms with Gasteiger partial charge >= 0.3 is 0 Å². The van der Waals surface area contributed by atoms with Gasteiger partial charge in [-0.1, -0.05) is 0 Å². The Morgan fingerprint density at radius 3 is 2.76 bits per heavy atom. The minimum absolute atomic E-state index is 0.166. The fourth-order valence-electron chi connectivity index (χ4n) is 3.84. The van der Waals surface area contributed by atoms with Crippen LogP contribution in [0.3, 0.4) is 0 Å². The molecule has 1 aliphatic rings. The molecule has 4 heterocycles. The van der Waals surface area contributed by atoms with Gasteiger partial charge in [-0.2, -0.15) is 15.1 Å². The van der Waals surface area contributed by atoms with E-state index in [0.717, 1.165) is 53.4 Å². The Labute approximate surface area is 176 Å². The summed E-state index contributed by atoms with van der Waals surface area (Å²) in [6, 6.07) is 2.05. The first kappa shape index (κ1) is 20.3. The summed E-state index contributed by atoms with van der Waals surface area (Å²) in [5.74, 6) is 1.55. The van der Waals surface area contributed by atoms with E-state index in [9.17, 15) is 0 Å². The first-order valence-corrected chi connectivity index (χ1v) is 11.1. The molecule has 29 heavy (non-hydrogen) atoms. The maximum Gasteiger partial charge on any atom is 0.254 e. The first-order valence-electron chi connectivity index (χ1n) is 10.3. The van der Waals surface area contributed by atoms with E-state index >= 15 is 0 Å². The number of rotatable bonds is 6. The molecule has 1 aliphatic heterocycles. The van der Waals surface area contributed by atoms with Gasteiger partial charge in [0.05, 0.1) is 43.9 Å². The Kier molecular flexibility index (Phi) is 5.35. The molecule has 0 saturated carbocycles. The Balaban J connectivity index is 1.79. The van der Waals surface area contributed by atoms with E-state index in [1.807, 2.05) is 18.5 Å². The third-order valence-corrected chi connectivity index (χ3v) is 6.36. The highest BCUT2D eigenvalue weighted by atomic mass is 32.1. The third kappa shape index (κ3) is 4.15. The molecule has 0 spiro atoms. The smallest absolute Gasteiger partial charge is 0.254 e. The molecular formula is C21H31N6OS+. The summed E-state index contributed by atoms with van der Waals surface area (Å²) in [5.41, 5.74) is 3.17. The second kappa shape index (κ2) is 7.66. The Morgan fingerprint density at radius 2 is 2.07 bits per heavy atom. The lowest BCUT2D eigenvalue weighted by Gasteiger charge is -2.30. The lowest BCUT2D eigenvalue weighted by molar-refractivity contribution is -0.858. The van der Waals surface area contributed by atoms with E-state index in [1.54, 1.807) is 11.3 Å². The zero-order valence-electron chi connectivity index (χ0n) is 18.2. The molecule has 8 heteroatoms. The number of nitrogens with one attached hydrogen (secondary N) is 2. The van der Waals surface area contributed by atoms with Crippen LogP contribution in [0.4, 0.5) is 5.82 Å². The van der Waals surface area contributed by atoms with Crippen LogP contribution < -0.4 is 10.2 Å². The molecule has 156 valence electrons. The molecule has 0 aromatic carbocycles. The minimum atomic E-state index is -0.166. The molecule has 0 amide bonds. The van der Waals surface area contributed by atoms with Gasteiger partial charge in [0.1, 0.15) is 10.6 Å². The molecule has 0 atom stereocenters. The lowest BCUT2D eigenvalue weighted by atomic mass is 9.94. The molecular weight excluding hydrogens is 384 g/mol. The molecule has 7 nitrogen and oxygen atoms in total. The summed E-state index contributed by atoms with van der Waals surface area (Å²) in [7, 11) is 4.36. The van der Waals surface area contributed by atoms with Gasteiger partial charge in [0.2, 0.25) is 0 Å². The van der Waals surface area contributed by atoms with Crippen LogP contribution in [0.2, 0.25) is 0 Å². The van der Waals surface area contributed by atoms with Crippen molar-refractivity contribution in [3.8, 4) is 5.95 Å². The molecule has 0 saturated heterocycles. The summed E-state index contributed by atoms with van der Waals surface area (Å²) >= 11 is 1.72. The van der Waals surface area contributed by atoms with Gasteiger partial charge in [-0.15, -0.1) is 11.3 Å². The number of nitrogens with zero attached hydrogens (tertiary/aromatic N) is 4. The summed E-state index contributed by atoms with van der Waals surface area (Å²) in [6.45, 7) is 11.0. The maximum atomic E-state index is 6.04. The van der Waals surface area contributed by atoms with E-state index in [4.69, 9.17) is 14.7 Å². The fourth-order valence-corrected chi connectivity index (χ4v) is 4.93. The van der Waals surface area contributed by atoms with Crippen LogP contribution in [0.15, 0.2) is 6.07 Å². The topological polar surface area (TPSA) is 69.3 Å². The SMILES string of the molecule is Cc1cc(C)n(-c2nc(NCCC[NH+](C)C)c3c4c(sc3n2)COC(C)(C)C4)n1. The molecule has 0 aliphatic carbocycles. The molecule has 4 rings (SSSR count). The summed E-state index contributed by atoms with van der Waals surface area (Å²) < 4.78 is 7.88. The van der Waals surface area contributed by atoms with Gasteiger partial charge < -0.3 is 15.0 Å². The highest BCUT2D eigenvalue weighted by Gasteiger charge is 2.31. The molecule has 0 unspecified atom stereocenters. The summed E-state index contributed by atoms with van der Waals surface area (Å²) in [4.78, 5) is 13.6. The van der Waals surface area contributed by atoms with Gasteiger partial charge in [-0.25, -0.2) is 4.68 Å². The Hall–Kier alpha value is -2.03.